The zero-order chi connectivity index (χ0) is 14.9. The minimum atomic E-state index is -1.08. The number of likely N-dealkylation sites (tertiary alicyclic amines) is 1. The third-order valence-corrected chi connectivity index (χ3v) is 3.88. The van der Waals surface area contributed by atoms with Crippen molar-refractivity contribution < 1.29 is 19.8 Å². The highest BCUT2D eigenvalue weighted by molar-refractivity contribution is 6.06. The first-order valence-electron chi connectivity index (χ1n) is 6.69. The fraction of sp³-hybridized carbons (Fsp3) is 0.467. The molecule has 5 nitrogen and oxygen atoms in total. The highest BCUT2D eigenvalue weighted by Crippen LogP contribution is 2.24. The van der Waals surface area contributed by atoms with Crippen molar-refractivity contribution in [3.05, 3.63) is 34.4 Å². The second-order valence-corrected chi connectivity index (χ2v) is 5.34. The van der Waals surface area contributed by atoms with Crippen LogP contribution in [0.15, 0.2) is 12.1 Å². The monoisotopic (exact) mass is 277 g/mol. The van der Waals surface area contributed by atoms with Gasteiger partial charge in [-0.3, -0.25) is 4.79 Å². The van der Waals surface area contributed by atoms with Crippen molar-refractivity contribution >= 4 is 11.9 Å². The standard InChI is InChI=1S/C15H19NO4/c1-9-3-4-10(2)13(15(19)20)12(9)14(18)16-6-5-11(7-16)8-17/h3-4,11,17H,5-8H2,1-2H3,(H,19,20). The van der Waals surface area contributed by atoms with E-state index in [2.05, 4.69) is 0 Å². The molecule has 2 N–H and O–H groups in total. The minimum Gasteiger partial charge on any atom is -0.478 e. The van der Waals surface area contributed by atoms with Gasteiger partial charge in [0.15, 0.2) is 0 Å². The molecule has 1 aromatic rings. The molecule has 1 heterocycles. The summed E-state index contributed by atoms with van der Waals surface area (Å²) in [6.07, 6.45) is 0.759. The van der Waals surface area contributed by atoms with Crippen LogP contribution in [0.4, 0.5) is 0 Å². The minimum absolute atomic E-state index is 0.0579. The van der Waals surface area contributed by atoms with Gasteiger partial charge in [0.2, 0.25) is 0 Å². The third kappa shape index (κ3) is 2.54. The summed E-state index contributed by atoms with van der Waals surface area (Å²) in [6.45, 7) is 4.56. The molecule has 0 radical (unpaired) electrons. The van der Waals surface area contributed by atoms with Crippen molar-refractivity contribution in [1.82, 2.24) is 4.90 Å². The van der Waals surface area contributed by atoms with E-state index in [1.165, 1.54) is 0 Å². The number of benzene rings is 1. The van der Waals surface area contributed by atoms with Crippen molar-refractivity contribution in [3.63, 3.8) is 0 Å². The molecule has 108 valence electrons. The number of aliphatic hydroxyl groups is 1. The lowest BCUT2D eigenvalue weighted by molar-refractivity contribution is 0.0678. The molecule has 1 atom stereocenters. The van der Waals surface area contributed by atoms with E-state index < -0.39 is 5.97 Å². The van der Waals surface area contributed by atoms with Crippen LogP contribution in [0.3, 0.4) is 0 Å². The average molecular weight is 277 g/mol. The molecule has 0 aliphatic carbocycles. The molecule has 0 bridgehead atoms. The Bertz CT molecular complexity index is 553. The lowest BCUT2D eigenvalue weighted by Gasteiger charge is -2.20. The Morgan fingerprint density at radius 1 is 1.25 bits per heavy atom. The van der Waals surface area contributed by atoms with E-state index in [9.17, 15) is 14.7 Å². The van der Waals surface area contributed by atoms with Gasteiger partial charge in [-0.2, -0.15) is 0 Å². The third-order valence-electron chi connectivity index (χ3n) is 3.88. The van der Waals surface area contributed by atoms with Crippen LogP contribution < -0.4 is 0 Å². The molecule has 1 aliphatic rings. The molecule has 0 saturated carbocycles. The molecule has 20 heavy (non-hydrogen) atoms. The van der Waals surface area contributed by atoms with E-state index in [0.717, 1.165) is 6.42 Å². The van der Waals surface area contributed by atoms with Gasteiger partial charge in [-0.05, 0) is 31.4 Å². The normalized spacial score (nSPS) is 18.4. The molecule has 1 aromatic carbocycles. The van der Waals surface area contributed by atoms with Gasteiger partial charge in [0.05, 0.1) is 11.1 Å². The van der Waals surface area contributed by atoms with E-state index in [-0.39, 0.29) is 29.6 Å². The Kier molecular flexibility index (Phi) is 4.09. The van der Waals surface area contributed by atoms with Gasteiger partial charge >= 0.3 is 5.97 Å². The highest BCUT2D eigenvalue weighted by atomic mass is 16.4. The quantitative estimate of drug-likeness (QED) is 0.876. The molecule has 0 aromatic heterocycles. The number of carboxylic acids is 1. The number of hydrogen-bond donors (Lipinski definition) is 2. The van der Waals surface area contributed by atoms with Gasteiger partial charge in [-0.1, -0.05) is 12.1 Å². The maximum Gasteiger partial charge on any atom is 0.336 e. The largest absolute Gasteiger partial charge is 0.478 e. The Balaban J connectivity index is 2.40. The number of carbonyl (C=O) groups is 2. The fourth-order valence-electron chi connectivity index (χ4n) is 2.69. The molecule has 1 saturated heterocycles. The van der Waals surface area contributed by atoms with Crippen molar-refractivity contribution in [2.75, 3.05) is 19.7 Å². The van der Waals surface area contributed by atoms with Crippen LogP contribution in [0.1, 0.15) is 38.3 Å². The van der Waals surface area contributed by atoms with Gasteiger partial charge in [0, 0.05) is 25.6 Å². The first-order chi connectivity index (χ1) is 9.45. The maximum absolute atomic E-state index is 12.6. The summed E-state index contributed by atoms with van der Waals surface area (Å²) in [5.74, 6) is -1.23. The number of aromatic carboxylic acids is 1. The van der Waals surface area contributed by atoms with Crippen molar-refractivity contribution in [2.45, 2.75) is 20.3 Å². The van der Waals surface area contributed by atoms with E-state index in [1.807, 2.05) is 0 Å². The number of aliphatic hydroxyl groups excluding tert-OH is 1. The number of carboxylic acid groups (broad SMARTS) is 1. The Morgan fingerprint density at radius 3 is 2.35 bits per heavy atom. The molecule has 2 rings (SSSR count). The highest BCUT2D eigenvalue weighted by Gasteiger charge is 2.30. The fourth-order valence-corrected chi connectivity index (χ4v) is 2.69. The zero-order valence-corrected chi connectivity index (χ0v) is 11.7. The number of carbonyl (C=O) groups excluding carboxylic acids is 1. The van der Waals surface area contributed by atoms with Crippen molar-refractivity contribution in [3.8, 4) is 0 Å². The first-order valence-corrected chi connectivity index (χ1v) is 6.69. The summed E-state index contributed by atoms with van der Waals surface area (Å²) >= 11 is 0. The second kappa shape index (κ2) is 5.63. The number of rotatable bonds is 3. The molecular weight excluding hydrogens is 258 g/mol. The second-order valence-electron chi connectivity index (χ2n) is 5.34. The Hall–Kier alpha value is -1.88. The summed E-state index contributed by atoms with van der Waals surface area (Å²) in [7, 11) is 0. The van der Waals surface area contributed by atoms with Crippen LogP contribution in [-0.4, -0.2) is 46.7 Å². The topological polar surface area (TPSA) is 77.8 Å². The summed E-state index contributed by atoms with van der Waals surface area (Å²) in [4.78, 5) is 25.6. The Morgan fingerprint density at radius 2 is 1.85 bits per heavy atom. The van der Waals surface area contributed by atoms with Crippen LogP contribution in [0.25, 0.3) is 0 Å². The van der Waals surface area contributed by atoms with Crippen molar-refractivity contribution in [1.29, 1.82) is 0 Å². The molecule has 1 unspecified atom stereocenters. The van der Waals surface area contributed by atoms with Crippen LogP contribution in [0.2, 0.25) is 0 Å². The lowest BCUT2D eigenvalue weighted by atomic mass is 9.96. The molecule has 5 heteroatoms. The van der Waals surface area contributed by atoms with Crippen molar-refractivity contribution in [2.24, 2.45) is 5.92 Å². The number of nitrogens with zero attached hydrogens (tertiary/aromatic N) is 1. The predicted molar refractivity (Wildman–Crippen MR) is 74.0 cm³/mol. The van der Waals surface area contributed by atoms with Crippen LogP contribution in [-0.2, 0) is 0 Å². The predicted octanol–water partition coefficient (Wildman–Crippen LogP) is 1.46. The maximum atomic E-state index is 12.6. The molecule has 1 fully saturated rings. The van der Waals surface area contributed by atoms with Gasteiger partial charge < -0.3 is 15.1 Å². The van der Waals surface area contributed by atoms with Gasteiger partial charge in [0.25, 0.3) is 5.91 Å². The van der Waals surface area contributed by atoms with Crippen LogP contribution in [0, 0.1) is 19.8 Å². The van der Waals surface area contributed by atoms with E-state index in [0.29, 0.717) is 24.2 Å². The van der Waals surface area contributed by atoms with Gasteiger partial charge in [0.1, 0.15) is 0 Å². The number of amides is 1. The van der Waals surface area contributed by atoms with Crippen LogP contribution in [0.5, 0.6) is 0 Å². The number of aryl methyl sites for hydroxylation is 2. The molecular formula is C15H19NO4. The first kappa shape index (κ1) is 14.5. The molecule has 1 aliphatic heterocycles. The van der Waals surface area contributed by atoms with E-state index in [4.69, 9.17) is 5.11 Å². The van der Waals surface area contributed by atoms with Gasteiger partial charge in [-0.25, -0.2) is 4.79 Å². The number of hydrogen-bond acceptors (Lipinski definition) is 3. The molecule has 0 spiro atoms. The van der Waals surface area contributed by atoms with Gasteiger partial charge in [-0.15, -0.1) is 0 Å². The molecule has 1 amide bonds. The Labute approximate surface area is 117 Å². The summed E-state index contributed by atoms with van der Waals surface area (Å²) < 4.78 is 0. The summed E-state index contributed by atoms with van der Waals surface area (Å²) in [5.41, 5.74) is 1.62. The smallest absolute Gasteiger partial charge is 0.336 e. The lowest BCUT2D eigenvalue weighted by Crippen LogP contribution is -2.31. The zero-order valence-electron chi connectivity index (χ0n) is 11.7. The van der Waals surface area contributed by atoms with E-state index in [1.54, 1.807) is 30.9 Å². The van der Waals surface area contributed by atoms with E-state index >= 15 is 0 Å². The average Bonchev–Trinajstić information content (AvgIpc) is 2.88. The SMILES string of the molecule is Cc1ccc(C)c(C(=O)N2CCC(CO)C2)c1C(=O)O. The van der Waals surface area contributed by atoms with Crippen LogP contribution >= 0.6 is 0 Å². The summed E-state index contributed by atoms with van der Waals surface area (Å²) in [5, 5.41) is 18.5. The summed E-state index contributed by atoms with van der Waals surface area (Å²) in [6, 6.07) is 3.49.